The van der Waals surface area contributed by atoms with Crippen LogP contribution in [0.15, 0.2) is 0 Å². The third-order valence-electron chi connectivity index (χ3n) is 2.78. The fraction of sp³-hybridized carbons (Fsp3) is 0.833. The molecule has 0 aromatic rings. The fourth-order valence-corrected chi connectivity index (χ4v) is 1.78. The summed E-state index contributed by atoms with van der Waals surface area (Å²) < 4.78 is 0. The van der Waals surface area contributed by atoms with Crippen molar-refractivity contribution in [1.29, 1.82) is 0 Å². The van der Waals surface area contributed by atoms with E-state index in [2.05, 4.69) is 10.2 Å². The summed E-state index contributed by atoms with van der Waals surface area (Å²) in [5, 5.41) is 27.4. The molecule has 2 saturated heterocycles. The summed E-state index contributed by atoms with van der Waals surface area (Å²) in [6.07, 6.45) is 1.91. The van der Waals surface area contributed by atoms with Gasteiger partial charge in [-0.2, -0.15) is 0 Å². The number of hydrogen-bond acceptors (Lipinski definition) is 5. The molecule has 2 rings (SSSR count). The summed E-state index contributed by atoms with van der Waals surface area (Å²) >= 11 is 0. The van der Waals surface area contributed by atoms with Gasteiger partial charge in [-0.3, -0.25) is 14.5 Å². The lowest BCUT2D eigenvalue weighted by Gasteiger charge is -2.41. The smallest absolute Gasteiger partial charge is 0.300 e. The number of hydrogen-bond donors (Lipinski definition) is 4. The Morgan fingerprint density at radius 3 is 1.68 bits per heavy atom. The molecular formula is C12H24N2O5. The molecule has 0 bridgehead atoms. The molecule has 19 heavy (non-hydrogen) atoms. The lowest BCUT2D eigenvalue weighted by molar-refractivity contribution is -0.135. The Balaban J connectivity index is 0.000000342. The maximum Gasteiger partial charge on any atom is 0.300 e. The molecule has 2 aliphatic rings. The van der Waals surface area contributed by atoms with Crippen LogP contribution in [0.5, 0.6) is 0 Å². The molecule has 2 heterocycles. The van der Waals surface area contributed by atoms with Crippen molar-refractivity contribution >= 4 is 11.9 Å². The lowest BCUT2D eigenvalue weighted by atomic mass is 10.0. The SMILES string of the molecule is CC(=O)O.CC(=O)O.OC1CCN(C2CNC2)CC1. The molecule has 4 N–H and O–H groups in total. The van der Waals surface area contributed by atoms with Crippen LogP contribution in [-0.4, -0.2) is 70.5 Å². The molecule has 0 aromatic carbocycles. The maximum atomic E-state index is 9.26. The molecule has 0 aliphatic carbocycles. The van der Waals surface area contributed by atoms with Crippen molar-refractivity contribution in [2.45, 2.75) is 38.8 Å². The third-order valence-corrected chi connectivity index (χ3v) is 2.78. The molecule has 0 amide bonds. The van der Waals surface area contributed by atoms with Crippen molar-refractivity contribution in [2.24, 2.45) is 0 Å². The number of carboxylic acids is 2. The van der Waals surface area contributed by atoms with Crippen molar-refractivity contribution < 1.29 is 24.9 Å². The molecule has 7 nitrogen and oxygen atoms in total. The number of nitrogens with zero attached hydrogens (tertiary/aromatic N) is 1. The zero-order chi connectivity index (χ0) is 14.8. The van der Waals surface area contributed by atoms with E-state index in [-0.39, 0.29) is 6.10 Å². The minimum absolute atomic E-state index is 0.0284. The highest BCUT2D eigenvalue weighted by Gasteiger charge is 2.27. The quantitative estimate of drug-likeness (QED) is 0.515. The van der Waals surface area contributed by atoms with Crippen LogP contribution in [0, 0.1) is 0 Å². The number of likely N-dealkylation sites (tertiary alicyclic amines) is 1. The Morgan fingerprint density at radius 2 is 1.42 bits per heavy atom. The summed E-state index contributed by atoms with van der Waals surface area (Å²) in [5.41, 5.74) is 0. The topological polar surface area (TPSA) is 110 Å². The van der Waals surface area contributed by atoms with Crippen molar-refractivity contribution in [3.8, 4) is 0 Å². The van der Waals surface area contributed by atoms with E-state index in [4.69, 9.17) is 19.8 Å². The highest BCUT2D eigenvalue weighted by molar-refractivity contribution is 5.63. The molecule has 7 heteroatoms. The Hall–Kier alpha value is -1.18. The van der Waals surface area contributed by atoms with Gasteiger partial charge in [-0.05, 0) is 12.8 Å². The van der Waals surface area contributed by atoms with E-state index in [1.165, 1.54) is 0 Å². The van der Waals surface area contributed by atoms with Gasteiger partial charge >= 0.3 is 0 Å². The van der Waals surface area contributed by atoms with Gasteiger partial charge in [0.25, 0.3) is 11.9 Å². The number of nitrogens with one attached hydrogen (secondary N) is 1. The minimum Gasteiger partial charge on any atom is -0.481 e. The number of piperidine rings is 1. The van der Waals surface area contributed by atoms with Crippen LogP contribution in [0.25, 0.3) is 0 Å². The van der Waals surface area contributed by atoms with Crippen molar-refractivity contribution in [3.05, 3.63) is 0 Å². The number of aliphatic carboxylic acids is 2. The van der Waals surface area contributed by atoms with E-state index in [1.54, 1.807) is 0 Å². The first-order chi connectivity index (χ1) is 8.82. The van der Waals surface area contributed by atoms with E-state index in [0.717, 1.165) is 58.9 Å². The molecule has 2 fully saturated rings. The second-order valence-corrected chi connectivity index (χ2v) is 4.62. The van der Waals surface area contributed by atoms with Crippen LogP contribution in [0.2, 0.25) is 0 Å². The summed E-state index contributed by atoms with van der Waals surface area (Å²) in [5.74, 6) is -1.67. The van der Waals surface area contributed by atoms with Crippen molar-refractivity contribution in [2.75, 3.05) is 26.2 Å². The second kappa shape index (κ2) is 9.71. The molecule has 0 saturated carbocycles. The van der Waals surface area contributed by atoms with Gasteiger partial charge in [0.1, 0.15) is 0 Å². The number of carbonyl (C=O) groups is 2. The van der Waals surface area contributed by atoms with Crippen LogP contribution in [-0.2, 0) is 9.59 Å². The van der Waals surface area contributed by atoms with E-state index < -0.39 is 11.9 Å². The Bertz CT molecular complexity index is 253. The largest absolute Gasteiger partial charge is 0.481 e. The van der Waals surface area contributed by atoms with E-state index in [0.29, 0.717) is 0 Å². The Morgan fingerprint density at radius 1 is 1.05 bits per heavy atom. The molecular weight excluding hydrogens is 252 g/mol. The third kappa shape index (κ3) is 10.4. The van der Waals surface area contributed by atoms with E-state index in [1.807, 2.05) is 0 Å². The number of carboxylic acid groups (broad SMARTS) is 2. The average Bonchev–Trinajstić information content (AvgIpc) is 2.17. The summed E-state index contributed by atoms with van der Waals surface area (Å²) in [6.45, 7) is 6.65. The molecule has 0 aromatic heterocycles. The lowest BCUT2D eigenvalue weighted by Crippen LogP contribution is -2.59. The molecule has 0 spiro atoms. The molecule has 0 unspecified atom stereocenters. The number of rotatable bonds is 1. The number of aliphatic hydroxyl groups excluding tert-OH is 1. The second-order valence-electron chi connectivity index (χ2n) is 4.62. The van der Waals surface area contributed by atoms with Gasteiger partial charge in [-0.1, -0.05) is 0 Å². The van der Waals surface area contributed by atoms with Gasteiger partial charge in [0.15, 0.2) is 0 Å². The first-order valence-electron chi connectivity index (χ1n) is 6.34. The first-order valence-corrected chi connectivity index (χ1v) is 6.34. The van der Waals surface area contributed by atoms with Gasteiger partial charge in [-0.25, -0.2) is 0 Å². The van der Waals surface area contributed by atoms with Crippen LogP contribution in [0.1, 0.15) is 26.7 Å². The van der Waals surface area contributed by atoms with Gasteiger partial charge < -0.3 is 20.6 Å². The first kappa shape index (κ1) is 17.8. The van der Waals surface area contributed by atoms with Gasteiger partial charge in [0.05, 0.1) is 6.10 Å². The van der Waals surface area contributed by atoms with Gasteiger partial charge in [0.2, 0.25) is 0 Å². The zero-order valence-corrected chi connectivity index (χ0v) is 11.5. The molecule has 0 atom stereocenters. The van der Waals surface area contributed by atoms with E-state index in [9.17, 15) is 5.11 Å². The average molecular weight is 276 g/mol. The minimum atomic E-state index is -0.833. The summed E-state index contributed by atoms with van der Waals surface area (Å²) in [6, 6.07) is 0.766. The number of aliphatic hydroxyl groups is 1. The van der Waals surface area contributed by atoms with Crippen LogP contribution < -0.4 is 5.32 Å². The predicted molar refractivity (Wildman–Crippen MR) is 70.1 cm³/mol. The standard InChI is InChI=1S/C8H16N2O.2C2H4O2/c11-8-1-3-10(4-2-8)7-5-9-6-7;2*1-2(3)4/h7-9,11H,1-6H2;2*1H3,(H,3,4). The molecule has 112 valence electrons. The van der Waals surface area contributed by atoms with Crippen LogP contribution in [0.3, 0.4) is 0 Å². The van der Waals surface area contributed by atoms with Crippen LogP contribution >= 0.6 is 0 Å². The van der Waals surface area contributed by atoms with Crippen molar-refractivity contribution in [3.63, 3.8) is 0 Å². The van der Waals surface area contributed by atoms with Gasteiger partial charge in [0, 0.05) is 46.1 Å². The Kier molecular flexibility index (Phi) is 9.11. The Labute approximate surface area is 113 Å². The highest BCUT2D eigenvalue weighted by Crippen LogP contribution is 2.14. The predicted octanol–water partition coefficient (Wildman–Crippen LogP) is -0.403. The van der Waals surface area contributed by atoms with Gasteiger partial charge in [-0.15, -0.1) is 0 Å². The zero-order valence-electron chi connectivity index (χ0n) is 11.5. The summed E-state index contributed by atoms with van der Waals surface area (Å²) in [7, 11) is 0. The fourth-order valence-electron chi connectivity index (χ4n) is 1.78. The van der Waals surface area contributed by atoms with E-state index >= 15 is 0 Å². The highest BCUT2D eigenvalue weighted by atomic mass is 16.4. The molecule has 2 aliphatic heterocycles. The normalized spacial score (nSPS) is 20.2. The molecule has 0 radical (unpaired) electrons. The van der Waals surface area contributed by atoms with Crippen molar-refractivity contribution in [1.82, 2.24) is 10.2 Å². The monoisotopic (exact) mass is 276 g/mol. The summed E-state index contributed by atoms with van der Waals surface area (Å²) in [4.78, 5) is 20.5. The van der Waals surface area contributed by atoms with Crippen LogP contribution in [0.4, 0.5) is 0 Å². The maximum absolute atomic E-state index is 9.26.